The molecule has 0 amide bonds. The molecule has 0 aliphatic rings. The van der Waals surface area contributed by atoms with E-state index in [0.29, 0.717) is 0 Å². The van der Waals surface area contributed by atoms with Crippen LogP contribution in [0.25, 0.3) is 0 Å². The molecule has 0 aliphatic heterocycles. The average Bonchev–Trinajstić information content (AvgIpc) is 2.33. The van der Waals surface area contributed by atoms with Gasteiger partial charge in [0.15, 0.2) is 0 Å². The van der Waals surface area contributed by atoms with Crippen molar-refractivity contribution in [2.24, 2.45) is 0 Å². The van der Waals surface area contributed by atoms with Gasteiger partial charge in [-0.15, -0.1) is 0 Å². The van der Waals surface area contributed by atoms with Crippen LogP contribution in [0.5, 0.6) is 0 Å². The third-order valence-corrected chi connectivity index (χ3v) is 0. The van der Waals surface area contributed by atoms with Crippen molar-refractivity contribution in [3.63, 3.8) is 0 Å². The van der Waals surface area contributed by atoms with Crippen LogP contribution in [0.3, 0.4) is 0 Å². The fraction of sp³-hybridized carbons (Fsp3) is 0. The Labute approximate surface area is 141 Å². The van der Waals surface area contributed by atoms with E-state index >= 15 is 0 Å². The standard InChI is InChI=1S/6CN.2Cd.Fe/c6*1-2;;;/q6*-1;3*+2. The second-order valence-electron chi connectivity index (χ2n) is 0. The molecule has 15 heavy (non-hydrogen) atoms. The van der Waals surface area contributed by atoms with Crippen molar-refractivity contribution < 1.29 is 71.7 Å². The van der Waals surface area contributed by atoms with Crippen molar-refractivity contribution in [1.29, 1.82) is 31.6 Å². The van der Waals surface area contributed by atoms with Gasteiger partial charge in [-0.05, 0) is 0 Å². The van der Waals surface area contributed by atoms with Crippen molar-refractivity contribution in [2.75, 3.05) is 0 Å². The second-order valence-corrected chi connectivity index (χ2v) is 0. The van der Waals surface area contributed by atoms with Gasteiger partial charge in [0.05, 0.1) is 0 Å². The summed E-state index contributed by atoms with van der Waals surface area (Å²) in [5.74, 6) is 0. The van der Waals surface area contributed by atoms with Gasteiger partial charge in [-0.2, -0.15) is 0 Å². The first kappa shape index (κ1) is 90.0. The van der Waals surface area contributed by atoms with Gasteiger partial charge in [-0.3, -0.25) is 0 Å². The SMILES string of the molecule is [C-]#N.[C-]#N.[C-]#N.[C-]#N.[C-]#N.[C-]#N.[Cd+2].[Cd+2].[Fe+2]. The van der Waals surface area contributed by atoms with Gasteiger partial charge in [0.2, 0.25) is 0 Å². The summed E-state index contributed by atoms with van der Waals surface area (Å²) in [7, 11) is 0. The fourth-order valence-electron chi connectivity index (χ4n) is 0. The summed E-state index contributed by atoms with van der Waals surface area (Å²) < 4.78 is 0. The minimum atomic E-state index is 0. The third-order valence-electron chi connectivity index (χ3n) is 0. The zero-order valence-corrected chi connectivity index (χ0v) is 16.6. The zero-order chi connectivity index (χ0) is 12.0. The molecule has 0 radical (unpaired) electrons. The molecule has 0 rings (SSSR count). The van der Waals surface area contributed by atoms with E-state index in [0.717, 1.165) is 0 Å². The molecule has 0 aromatic heterocycles. The monoisotopic (exact) mass is 440 g/mol. The van der Waals surface area contributed by atoms with Crippen molar-refractivity contribution in [3.05, 3.63) is 39.4 Å². The number of rotatable bonds is 0. The van der Waals surface area contributed by atoms with Crippen LogP contribution in [0, 0.1) is 71.0 Å². The van der Waals surface area contributed by atoms with Crippen LogP contribution in [0.15, 0.2) is 0 Å². The minimum absolute atomic E-state index is 0. The Morgan fingerprint density at radius 2 is 0.333 bits per heavy atom. The van der Waals surface area contributed by atoms with Gasteiger partial charge >= 0.3 is 71.7 Å². The number of hydrogen-bond acceptors (Lipinski definition) is 6. The van der Waals surface area contributed by atoms with Crippen molar-refractivity contribution in [3.8, 4) is 0 Å². The van der Waals surface area contributed by atoms with Crippen molar-refractivity contribution in [1.82, 2.24) is 0 Å². The van der Waals surface area contributed by atoms with Gasteiger partial charge in [-0.1, -0.05) is 0 Å². The van der Waals surface area contributed by atoms with Crippen LogP contribution in [0.1, 0.15) is 0 Å². The summed E-state index contributed by atoms with van der Waals surface area (Å²) in [4.78, 5) is 0. The van der Waals surface area contributed by atoms with E-state index in [2.05, 4.69) is 0 Å². The molecular formula is C6Cd2FeN6. The molecule has 0 atom stereocenters. The third kappa shape index (κ3) is 3510. The first-order chi connectivity index (χ1) is 6.00. The molecule has 0 aromatic carbocycles. The summed E-state index contributed by atoms with van der Waals surface area (Å²) in [5, 5.41) is 37.5. The first-order valence-electron chi connectivity index (χ1n) is 1.34. The van der Waals surface area contributed by atoms with Crippen LogP contribution in [0.2, 0.25) is 0 Å². The van der Waals surface area contributed by atoms with Crippen molar-refractivity contribution in [2.45, 2.75) is 0 Å². The zero-order valence-electron chi connectivity index (χ0n) is 7.45. The molecule has 0 heterocycles. The predicted molar refractivity (Wildman–Crippen MR) is 29.8 cm³/mol. The molecule has 0 saturated heterocycles. The van der Waals surface area contributed by atoms with Gasteiger partial charge in [0.25, 0.3) is 0 Å². The molecule has 0 aliphatic carbocycles. The first-order valence-corrected chi connectivity index (χ1v) is 1.34. The smallest absolute Gasteiger partial charge is 0.512 e. The van der Waals surface area contributed by atoms with Crippen LogP contribution in [-0.4, -0.2) is 0 Å². The van der Waals surface area contributed by atoms with Gasteiger partial charge < -0.3 is 71.0 Å². The predicted octanol–water partition coefficient (Wildman–Crippen LogP) is 0.571. The maximum Gasteiger partial charge on any atom is 2.00 e. The average molecular weight is 437 g/mol. The largest absolute Gasteiger partial charge is 2.00 e. The van der Waals surface area contributed by atoms with E-state index in [4.69, 9.17) is 71.0 Å². The summed E-state index contributed by atoms with van der Waals surface area (Å²) in [6.07, 6.45) is 0. The summed E-state index contributed by atoms with van der Waals surface area (Å²) >= 11 is 0. The number of nitrogens with zero attached hydrogens (tertiary/aromatic N) is 6. The van der Waals surface area contributed by atoms with Crippen LogP contribution < -0.4 is 0 Å². The summed E-state index contributed by atoms with van der Waals surface area (Å²) in [5.41, 5.74) is 0. The molecule has 66 valence electrons. The van der Waals surface area contributed by atoms with E-state index in [1.807, 2.05) is 0 Å². The Morgan fingerprint density at radius 1 is 0.333 bits per heavy atom. The molecule has 0 N–H and O–H groups in total. The quantitative estimate of drug-likeness (QED) is 0.401. The topological polar surface area (TPSA) is 143 Å². The van der Waals surface area contributed by atoms with E-state index in [9.17, 15) is 0 Å². The van der Waals surface area contributed by atoms with E-state index in [-0.39, 0.29) is 71.7 Å². The van der Waals surface area contributed by atoms with Gasteiger partial charge in [0, 0.05) is 0 Å². The number of hydrogen-bond donors (Lipinski definition) is 0. The molecular weight excluding hydrogens is 437 g/mol. The maximum atomic E-state index is 6.25. The summed E-state index contributed by atoms with van der Waals surface area (Å²) in [6, 6.07) is 0. The van der Waals surface area contributed by atoms with Crippen molar-refractivity contribution >= 4 is 0 Å². The van der Waals surface area contributed by atoms with Gasteiger partial charge in [0.1, 0.15) is 0 Å². The molecule has 6 nitrogen and oxygen atoms in total. The Morgan fingerprint density at radius 3 is 0.333 bits per heavy atom. The molecule has 0 saturated carbocycles. The Hall–Kier alpha value is -0.696. The van der Waals surface area contributed by atoms with Crippen LogP contribution in [-0.2, 0) is 71.7 Å². The van der Waals surface area contributed by atoms with E-state index in [1.54, 1.807) is 0 Å². The molecule has 0 aromatic rings. The van der Waals surface area contributed by atoms with Gasteiger partial charge in [-0.25, -0.2) is 0 Å². The Kier molecular flexibility index (Phi) is 24900. The molecule has 0 spiro atoms. The van der Waals surface area contributed by atoms with E-state index in [1.165, 1.54) is 0 Å². The Bertz CT molecular complexity index is 101. The van der Waals surface area contributed by atoms with E-state index < -0.39 is 0 Å². The molecule has 0 fully saturated rings. The molecule has 0 unspecified atom stereocenters. The summed E-state index contributed by atoms with van der Waals surface area (Å²) in [6.45, 7) is 28.5. The van der Waals surface area contributed by atoms with Crippen LogP contribution in [0.4, 0.5) is 0 Å². The van der Waals surface area contributed by atoms with Crippen LogP contribution >= 0.6 is 0 Å². The maximum absolute atomic E-state index is 6.25. The minimum Gasteiger partial charge on any atom is -0.512 e. The molecule has 9 heteroatoms. The molecule has 0 bridgehead atoms. The fourth-order valence-corrected chi connectivity index (χ4v) is 0. The normalized spacial score (nSPS) is 0.800. The Balaban J connectivity index is -0.00000000396. The second kappa shape index (κ2) is 4150.